The van der Waals surface area contributed by atoms with Crippen LogP contribution in [0.1, 0.15) is 17.2 Å². The van der Waals surface area contributed by atoms with Gasteiger partial charge in [-0.3, -0.25) is 0 Å². The average molecular weight is 189 g/mol. The first-order chi connectivity index (χ1) is 6.85. The fraction of sp³-hybridized carbons (Fsp3) is 0.333. The van der Waals surface area contributed by atoms with Gasteiger partial charge < -0.3 is 10.1 Å². The van der Waals surface area contributed by atoms with Crippen molar-refractivity contribution in [2.24, 2.45) is 0 Å². The van der Waals surface area contributed by atoms with Crippen LogP contribution in [0, 0.1) is 0 Å². The number of likely N-dealkylation sites (N-methyl/N-ethyl adjacent to an activating group) is 1. The van der Waals surface area contributed by atoms with Crippen molar-refractivity contribution < 1.29 is 4.74 Å². The molecule has 0 saturated heterocycles. The SMILES string of the molecule is C=CC(NC)c1ccc2c(c1)CCO2. The van der Waals surface area contributed by atoms with Crippen molar-refractivity contribution in [3.8, 4) is 5.75 Å². The Hall–Kier alpha value is -1.28. The summed E-state index contributed by atoms with van der Waals surface area (Å²) in [5.41, 5.74) is 2.57. The second kappa shape index (κ2) is 3.84. The molecule has 0 bridgehead atoms. The first kappa shape index (κ1) is 9.28. The lowest BCUT2D eigenvalue weighted by Gasteiger charge is -2.12. The number of rotatable bonds is 3. The number of nitrogens with one attached hydrogen (secondary N) is 1. The van der Waals surface area contributed by atoms with E-state index in [4.69, 9.17) is 4.74 Å². The highest BCUT2D eigenvalue weighted by molar-refractivity contribution is 5.41. The van der Waals surface area contributed by atoms with E-state index in [1.54, 1.807) is 0 Å². The molecule has 1 aliphatic heterocycles. The van der Waals surface area contributed by atoms with Gasteiger partial charge in [-0.15, -0.1) is 6.58 Å². The largest absolute Gasteiger partial charge is 0.493 e. The minimum atomic E-state index is 0.237. The molecule has 14 heavy (non-hydrogen) atoms. The van der Waals surface area contributed by atoms with Gasteiger partial charge in [0.2, 0.25) is 0 Å². The van der Waals surface area contributed by atoms with Crippen molar-refractivity contribution in [2.45, 2.75) is 12.5 Å². The van der Waals surface area contributed by atoms with Crippen molar-refractivity contribution in [1.29, 1.82) is 0 Å². The Bertz CT molecular complexity index is 346. The van der Waals surface area contributed by atoms with E-state index >= 15 is 0 Å². The molecular formula is C12H15NO. The van der Waals surface area contributed by atoms with Crippen LogP contribution in [0.15, 0.2) is 30.9 Å². The maximum atomic E-state index is 5.45. The summed E-state index contributed by atoms with van der Waals surface area (Å²) in [6.45, 7) is 4.62. The normalized spacial score (nSPS) is 15.8. The van der Waals surface area contributed by atoms with Gasteiger partial charge in [-0.1, -0.05) is 18.2 Å². The van der Waals surface area contributed by atoms with Crippen LogP contribution in [0.4, 0.5) is 0 Å². The van der Waals surface area contributed by atoms with Crippen LogP contribution in [0.2, 0.25) is 0 Å². The molecule has 0 spiro atoms. The third-order valence-electron chi connectivity index (χ3n) is 2.62. The Labute approximate surface area is 84.6 Å². The minimum Gasteiger partial charge on any atom is -0.493 e. The average Bonchev–Trinajstić information content (AvgIpc) is 2.66. The van der Waals surface area contributed by atoms with Crippen molar-refractivity contribution in [3.63, 3.8) is 0 Å². The van der Waals surface area contributed by atoms with Gasteiger partial charge in [0.25, 0.3) is 0 Å². The smallest absolute Gasteiger partial charge is 0.122 e. The Morgan fingerprint density at radius 2 is 2.43 bits per heavy atom. The van der Waals surface area contributed by atoms with Crippen LogP contribution in [-0.2, 0) is 6.42 Å². The molecule has 2 heteroatoms. The highest BCUT2D eigenvalue weighted by Gasteiger charge is 2.14. The maximum absolute atomic E-state index is 5.45. The molecular weight excluding hydrogens is 174 g/mol. The number of hydrogen-bond acceptors (Lipinski definition) is 2. The zero-order chi connectivity index (χ0) is 9.97. The minimum absolute atomic E-state index is 0.237. The van der Waals surface area contributed by atoms with E-state index in [-0.39, 0.29) is 6.04 Å². The van der Waals surface area contributed by atoms with Gasteiger partial charge in [0, 0.05) is 6.42 Å². The molecule has 1 atom stereocenters. The molecule has 0 fully saturated rings. The zero-order valence-electron chi connectivity index (χ0n) is 8.42. The van der Waals surface area contributed by atoms with E-state index in [1.165, 1.54) is 11.1 Å². The van der Waals surface area contributed by atoms with E-state index < -0.39 is 0 Å². The van der Waals surface area contributed by atoms with E-state index in [1.807, 2.05) is 19.2 Å². The summed E-state index contributed by atoms with van der Waals surface area (Å²) < 4.78 is 5.45. The van der Waals surface area contributed by atoms with Gasteiger partial charge in [-0.25, -0.2) is 0 Å². The summed E-state index contributed by atoms with van der Waals surface area (Å²) >= 11 is 0. The van der Waals surface area contributed by atoms with Gasteiger partial charge >= 0.3 is 0 Å². The van der Waals surface area contributed by atoms with Crippen LogP contribution in [-0.4, -0.2) is 13.7 Å². The number of fused-ring (bicyclic) bond motifs is 1. The van der Waals surface area contributed by atoms with Crippen LogP contribution in [0.3, 0.4) is 0 Å². The van der Waals surface area contributed by atoms with Crippen LogP contribution < -0.4 is 10.1 Å². The fourth-order valence-corrected chi connectivity index (χ4v) is 1.82. The van der Waals surface area contributed by atoms with E-state index in [0.29, 0.717) is 0 Å². The molecule has 0 aromatic heterocycles. The second-order valence-electron chi connectivity index (χ2n) is 3.47. The molecule has 74 valence electrons. The summed E-state index contributed by atoms with van der Waals surface area (Å²) in [7, 11) is 1.94. The van der Waals surface area contributed by atoms with Crippen LogP contribution >= 0.6 is 0 Å². The number of hydrogen-bond donors (Lipinski definition) is 1. The van der Waals surface area contributed by atoms with Gasteiger partial charge in [-0.2, -0.15) is 0 Å². The summed E-state index contributed by atoms with van der Waals surface area (Å²) in [5, 5.41) is 3.20. The summed E-state index contributed by atoms with van der Waals surface area (Å²) in [4.78, 5) is 0. The van der Waals surface area contributed by atoms with E-state index in [2.05, 4.69) is 24.0 Å². The highest BCUT2D eigenvalue weighted by atomic mass is 16.5. The predicted molar refractivity (Wildman–Crippen MR) is 57.6 cm³/mol. The maximum Gasteiger partial charge on any atom is 0.122 e. The Kier molecular flexibility index (Phi) is 2.55. The van der Waals surface area contributed by atoms with Gasteiger partial charge in [0.1, 0.15) is 5.75 Å². The number of benzene rings is 1. The molecule has 0 radical (unpaired) electrons. The lowest BCUT2D eigenvalue weighted by Crippen LogP contribution is -2.13. The summed E-state index contributed by atoms with van der Waals surface area (Å²) in [6, 6.07) is 6.57. The molecule has 2 rings (SSSR count). The molecule has 0 saturated carbocycles. The molecule has 1 aliphatic rings. The summed E-state index contributed by atoms with van der Waals surface area (Å²) in [6.07, 6.45) is 2.94. The van der Waals surface area contributed by atoms with Crippen molar-refractivity contribution in [2.75, 3.05) is 13.7 Å². The van der Waals surface area contributed by atoms with E-state index in [0.717, 1.165) is 18.8 Å². The topological polar surface area (TPSA) is 21.3 Å². The number of ether oxygens (including phenoxy) is 1. The van der Waals surface area contributed by atoms with E-state index in [9.17, 15) is 0 Å². The zero-order valence-corrected chi connectivity index (χ0v) is 8.42. The molecule has 0 amide bonds. The molecule has 1 aromatic carbocycles. The Balaban J connectivity index is 2.32. The third-order valence-corrected chi connectivity index (χ3v) is 2.62. The summed E-state index contributed by atoms with van der Waals surface area (Å²) in [5.74, 6) is 1.03. The van der Waals surface area contributed by atoms with Crippen molar-refractivity contribution >= 4 is 0 Å². The van der Waals surface area contributed by atoms with Gasteiger partial charge in [0.15, 0.2) is 0 Å². The fourth-order valence-electron chi connectivity index (χ4n) is 1.82. The van der Waals surface area contributed by atoms with Crippen molar-refractivity contribution in [3.05, 3.63) is 42.0 Å². The highest BCUT2D eigenvalue weighted by Crippen LogP contribution is 2.28. The van der Waals surface area contributed by atoms with Crippen molar-refractivity contribution in [1.82, 2.24) is 5.32 Å². The van der Waals surface area contributed by atoms with Crippen LogP contribution in [0.25, 0.3) is 0 Å². The lowest BCUT2D eigenvalue weighted by molar-refractivity contribution is 0.357. The van der Waals surface area contributed by atoms with Crippen LogP contribution in [0.5, 0.6) is 5.75 Å². The predicted octanol–water partition coefficient (Wildman–Crippen LogP) is 2.07. The second-order valence-corrected chi connectivity index (χ2v) is 3.47. The molecule has 0 aliphatic carbocycles. The Morgan fingerprint density at radius 3 is 3.14 bits per heavy atom. The quantitative estimate of drug-likeness (QED) is 0.735. The Morgan fingerprint density at radius 1 is 1.57 bits per heavy atom. The molecule has 1 aromatic rings. The standard InChI is InChI=1S/C12H15NO/c1-3-11(13-2)9-4-5-12-10(8-9)6-7-14-12/h3-5,8,11,13H,1,6-7H2,2H3. The first-order valence-electron chi connectivity index (χ1n) is 4.90. The molecule has 1 unspecified atom stereocenters. The lowest BCUT2D eigenvalue weighted by atomic mass is 10.0. The molecule has 2 nitrogen and oxygen atoms in total. The monoisotopic (exact) mass is 189 g/mol. The van der Waals surface area contributed by atoms with Gasteiger partial charge in [0.05, 0.1) is 12.6 Å². The molecule has 1 heterocycles. The molecule has 1 N–H and O–H groups in total. The van der Waals surface area contributed by atoms with Gasteiger partial charge in [-0.05, 0) is 24.2 Å². The third kappa shape index (κ3) is 1.53. The first-order valence-corrected chi connectivity index (χ1v) is 4.90.